The van der Waals surface area contributed by atoms with E-state index in [4.69, 9.17) is 9.84 Å². The number of phenols is 1. The maximum Gasteiger partial charge on any atom is 0.332 e. The molecule has 0 saturated carbocycles. The van der Waals surface area contributed by atoms with Crippen molar-refractivity contribution in [2.45, 2.75) is 6.04 Å². The van der Waals surface area contributed by atoms with Crippen LogP contribution in [0.4, 0.5) is 0 Å². The zero-order valence-corrected chi connectivity index (χ0v) is 7.75. The maximum atomic E-state index is 10.6. The third-order valence-corrected chi connectivity index (χ3v) is 2.07. The number of carboxylic acids is 1. The predicted molar refractivity (Wildman–Crippen MR) is 52.0 cm³/mol. The number of benzene rings is 1. The minimum Gasteiger partial charge on any atom is -0.507 e. The topological polar surface area (TPSA) is 79.1 Å². The first-order chi connectivity index (χ1) is 7.18. The number of nitrogens with zero attached hydrogens (tertiary/aromatic N) is 1. The summed E-state index contributed by atoms with van der Waals surface area (Å²) in [4.78, 5) is 14.5. The Balaban J connectivity index is 2.30. The number of aliphatic carboxylic acids is 1. The Bertz CT molecular complexity index is 427. The summed E-state index contributed by atoms with van der Waals surface area (Å²) in [5, 5.41) is 18.2. The monoisotopic (exact) mass is 207 g/mol. The molecule has 5 nitrogen and oxygen atoms in total. The van der Waals surface area contributed by atoms with E-state index in [-0.39, 0.29) is 18.3 Å². The van der Waals surface area contributed by atoms with Gasteiger partial charge in [0.05, 0.1) is 5.56 Å². The maximum absolute atomic E-state index is 10.6. The summed E-state index contributed by atoms with van der Waals surface area (Å²) in [7, 11) is 0. The minimum absolute atomic E-state index is 0.0129. The summed E-state index contributed by atoms with van der Waals surface area (Å²) >= 11 is 0. The summed E-state index contributed by atoms with van der Waals surface area (Å²) in [5.41, 5.74) is 0.418. The van der Waals surface area contributed by atoms with Gasteiger partial charge in [-0.2, -0.15) is 0 Å². The highest BCUT2D eigenvalue weighted by Gasteiger charge is 2.26. The van der Waals surface area contributed by atoms with E-state index in [1.807, 2.05) is 0 Å². The number of carboxylic acid groups (broad SMARTS) is 1. The molecule has 1 aliphatic rings. The molecule has 2 rings (SSSR count). The smallest absolute Gasteiger partial charge is 0.332 e. The molecule has 1 heterocycles. The second-order valence-electron chi connectivity index (χ2n) is 3.12. The van der Waals surface area contributed by atoms with E-state index in [0.29, 0.717) is 5.56 Å². The Kier molecular flexibility index (Phi) is 2.29. The zero-order valence-electron chi connectivity index (χ0n) is 7.75. The van der Waals surface area contributed by atoms with Gasteiger partial charge < -0.3 is 14.9 Å². The fourth-order valence-electron chi connectivity index (χ4n) is 1.30. The molecule has 2 N–H and O–H groups in total. The van der Waals surface area contributed by atoms with Gasteiger partial charge in [0.1, 0.15) is 12.4 Å². The van der Waals surface area contributed by atoms with Crippen LogP contribution in [0.25, 0.3) is 0 Å². The van der Waals surface area contributed by atoms with Crippen molar-refractivity contribution in [2.24, 2.45) is 4.99 Å². The largest absolute Gasteiger partial charge is 0.507 e. The molecule has 0 saturated heterocycles. The fourth-order valence-corrected chi connectivity index (χ4v) is 1.30. The Hall–Kier alpha value is -2.04. The van der Waals surface area contributed by atoms with Crippen LogP contribution in [0.5, 0.6) is 5.75 Å². The molecule has 0 spiro atoms. The molecule has 0 amide bonds. The van der Waals surface area contributed by atoms with Crippen molar-refractivity contribution in [3.8, 4) is 5.75 Å². The van der Waals surface area contributed by atoms with Crippen LogP contribution in [0, 0.1) is 0 Å². The van der Waals surface area contributed by atoms with Crippen molar-refractivity contribution in [1.29, 1.82) is 0 Å². The lowest BCUT2D eigenvalue weighted by atomic mass is 10.2. The van der Waals surface area contributed by atoms with Gasteiger partial charge in [0, 0.05) is 0 Å². The van der Waals surface area contributed by atoms with Crippen molar-refractivity contribution >= 4 is 11.9 Å². The number of aromatic hydroxyl groups is 1. The predicted octanol–water partition coefficient (Wildman–Crippen LogP) is 0.622. The number of aliphatic imine (C=N–C) groups is 1. The van der Waals surface area contributed by atoms with E-state index >= 15 is 0 Å². The second kappa shape index (κ2) is 3.61. The second-order valence-corrected chi connectivity index (χ2v) is 3.12. The Morgan fingerprint density at radius 3 is 2.80 bits per heavy atom. The number of hydrogen-bond acceptors (Lipinski definition) is 4. The van der Waals surface area contributed by atoms with Crippen LogP contribution in [0.15, 0.2) is 29.3 Å². The molecule has 0 aliphatic carbocycles. The fraction of sp³-hybridized carbons (Fsp3) is 0.200. The average Bonchev–Trinajstić information content (AvgIpc) is 2.67. The molecule has 1 aromatic rings. The third kappa shape index (κ3) is 1.76. The molecule has 78 valence electrons. The normalized spacial score (nSPS) is 19.5. The molecule has 0 bridgehead atoms. The minimum atomic E-state index is -1.03. The molecule has 1 aliphatic heterocycles. The molecular formula is C10H9NO4. The highest BCUT2D eigenvalue weighted by molar-refractivity contribution is 5.99. The van der Waals surface area contributed by atoms with Gasteiger partial charge in [0.25, 0.3) is 0 Å². The molecule has 1 atom stereocenters. The van der Waals surface area contributed by atoms with Gasteiger partial charge in [-0.1, -0.05) is 12.1 Å². The van der Waals surface area contributed by atoms with Gasteiger partial charge in [-0.25, -0.2) is 9.79 Å². The third-order valence-electron chi connectivity index (χ3n) is 2.07. The SMILES string of the molecule is O=C(O)[C@@H]1COC(c2ccccc2O)=N1. The first-order valence-corrected chi connectivity index (χ1v) is 4.40. The lowest BCUT2D eigenvalue weighted by Gasteiger charge is -2.02. The van der Waals surface area contributed by atoms with Gasteiger partial charge in [0.2, 0.25) is 5.90 Å². The molecule has 0 unspecified atom stereocenters. The van der Waals surface area contributed by atoms with Crippen LogP contribution >= 0.6 is 0 Å². The van der Waals surface area contributed by atoms with E-state index in [1.54, 1.807) is 18.2 Å². The van der Waals surface area contributed by atoms with Crippen LogP contribution < -0.4 is 0 Å². The lowest BCUT2D eigenvalue weighted by Crippen LogP contribution is -2.18. The highest BCUT2D eigenvalue weighted by atomic mass is 16.5. The van der Waals surface area contributed by atoms with Crippen molar-refractivity contribution in [3.63, 3.8) is 0 Å². The summed E-state index contributed by atoms with van der Waals surface area (Å²) < 4.78 is 5.10. The number of carbonyl (C=O) groups is 1. The highest BCUT2D eigenvalue weighted by Crippen LogP contribution is 2.20. The lowest BCUT2D eigenvalue weighted by molar-refractivity contribution is -0.138. The van der Waals surface area contributed by atoms with Gasteiger partial charge in [-0.3, -0.25) is 0 Å². The van der Waals surface area contributed by atoms with Crippen molar-refractivity contribution in [1.82, 2.24) is 0 Å². The van der Waals surface area contributed by atoms with E-state index < -0.39 is 12.0 Å². The van der Waals surface area contributed by atoms with Gasteiger partial charge in [-0.05, 0) is 12.1 Å². The Morgan fingerprint density at radius 2 is 2.20 bits per heavy atom. The van der Waals surface area contributed by atoms with E-state index in [1.165, 1.54) is 6.07 Å². The van der Waals surface area contributed by atoms with Crippen molar-refractivity contribution in [2.75, 3.05) is 6.61 Å². The molecule has 5 heteroatoms. The molecule has 0 fully saturated rings. The molecule has 1 aromatic carbocycles. The van der Waals surface area contributed by atoms with Crippen molar-refractivity contribution in [3.05, 3.63) is 29.8 Å². The zero-order chi connectivity index (χ0) is 10.8. The summed E-state index contributed by atoms with van der Waals surface area (Å²) in [6.07, 6.45) is 0. The average molecular weight is 207 g/mol. The first kappa shape index (κ1) is 9.51. The molecular weight excluding hydrogens is 198 g/mol. The molecule has 0 radical (unpaired) electrons. The number of rotatable bonds is 2. The van der Waals surface area contributed by atoms with Crippen LogP contribution in [0.2, 0.25) is 0 Å². The number of hydrogen-bond donors (Lipinski definition) is 2. The van der Waals surface area contributed by atoms with Gasteiger partial charge in [-0.15, -0.1) is 0 Å². The van der Waals surface area contributed by atoms with Crippen LogP contribution in [-0.4, -0.2) is 34.7 Å². The van der Waals surface area contributed by atoms with Gasteiger partial charge in [0.15, 0.2) is 6.04 Å². The molecule has 0 aromatic heterocycles. The summed E-state index contributed by atoms with van der Waals surface area (Å²) in [6.45, 7) is 0.0129. The first-order valence-electron chi connectivity index (χ1n) is 4.40. The standard InChI is InChI=1S/C10H9NO4/c12-8-4-2-1-3-6(8)9-11-7(5-15-9)10(13)14/h1-4,7,12H,5H2,(H,13,14)/t7-/m0/s1. The Labute approximate surface area is 85.6 Å². The van der Waals surface area contributed by atoms with Crippen molar-refractivity contribution < 1.29 is 19.7 Å². The van der Waals surface area contributed by atoms with Crippen LogP contribution in [0.3, 0.4) is 0 Å². The van der Waals surface area contributed by atoms with E-state index in [0.717, 1.165) is 0 Å². The van der Waals surface area contributed by atoms with Gasteiger partial charge >= 0.3 is 5.97 Å². The van der Waals surface area contributed by atoms with E-state index in [2.05, 4.69) is 4.99 Å². The molecule has 15 heavy (non-hydrogen) atoms. The van der Waals surface area contributed by atoms with E-state index in [9.17, 15) is 9.90 Å². The summed E-state index contributed by atoms with van der Waals surface area (Å²) in [5.74, 6) is -0.816. The van der Waals surface area contributed by atoms with Crippen LogP contribution in [-0.2, 0) is 9.53 Å². The number of phenolic OH excluding ortho intramolecular Hbond substituents is 1. The summed E-state index contributed by atoms with van der Waals surface area (Å²) in [6, 6.07) is 5.63. The Morgan fingerprint density at radius 1 is 1.47 bits per heavy atom. The quantitative estimate of drug-likeness (QED) is 0.745. The number of para-hydroxylation sites is 1. The number of ether oxygens (including phenoxy) is 1. The van der Waals surface area contributed by atoms with Crippen LogP contribution in [0.1, 0.15) is 5.56 Å².